The zero-order valence-corrected chi connectivity index (χ0v) is 8.79. The van der Waals surface area contributed by atoms with Crippen molar-refractivity contribution in [2.24, 2.45) is 5.92 Å². The molecule has 0 amide bonds. The first-order chi connectivity index (χ1) is 6.11. The SMILES string of the molecule is CCOC(=O)C(=CC(C)C)OCC. The Balaban J connectivity index is 4.31. The second-order valence-corrected chi connectivity index (χ2v) is 2.93. The first-order valence-corrected chi connectivity index (χ1v) is 4.63. The van der Waals surface area contributed by atoms with Crippen molar-refractivity contribution in [1.29, 1.82) is 0 Å². The number of carbonyl (C=O) groups is 1. The fourth-order valence-electron chi connectivity index (χ4n) is 0.836. The minimum Gasteiger partial charge on any atom is -0.487 e. The number of hydrogen-bond acceptors (Lipinski definition) is 3. The van der Waals surface area contributed by atoms with Gasteiger partial charge in [-0.2, -0.15) is 0 Å². The van der Waals surface area contributed by atoms with Crippen LogP contribution < -0.4 is 0 Å². The van der Waals surface area contributed by atoms with Gasteiger partial charge in [0.25, 0.3) is 0 Å². The molecule has 0 aromatic carbocycles. The topological polar surface area (TPSA) is 35.5 Å². The quantitative estimate of drug-likeness (QED) is 0.375. The van der Waals surface area contributed by atoms with Gasteiger partial charge in [0.15, 0.2) is 0 Å². The number of carbonyl (C=O) groups excluding carboxylic acids is 1. The first kappa shape index (κ1) is 12.0. The van der Waals surface area contributed by atoms with E-state index in [4.69, 9.17) is 9.47 Å². The monoisotopic (exact) mass is 186 g/mol. The van der Waals surface area contributed by atoms with Crippen molar-refractivity contribution in [3.8, 4) is 0 Å². The molecule has 0 bridgehead atoms. The molecule has 0 aromatic heterocycles. The van der Waals surface area contributed by atoms with Gasteiger partial charge in [-0.05, 0) is 25.8 Å². The van der Waals surface area contributed by atoms with E-state index < -0.39 is 0 Å². The summed E-state index contributed by atoms with van der Waals surface area (Å²) in [5.74, 6) is 0.225. The highest BCUT2D eigenvalue weighted by Gasteiger charge is 2.11. The van der Waals surface area contributed by atoms with Gasteiger partial charge in [-0.1, -0.05) is 13.8 Å². The van der Waals surface area contributed by atoms with Gasteiger partial charge in [0.05, 0.1) is 13.2 Å². The summed E-state index contributed by atoms with van der Waals surface area (Å²) in [6.07, 6.45) is 1.77. The number of ether oxygens (including phenoxy) is 2. The van der Waals surface area contributed by atoms with Crippen LogP contribution in [-0.2, 0) is 14.3 Å². The second-order valence-electron chi connectivity index (χ2n) is 2.93. The van der Waals surface area contributed by atoms with E-state index in [1.165, 1.54) is 0 Å². The molecule has 0 aliphatic carbocycles. The van der Waals surface area contributed by atoms with Gasteiger partial charge < -0.3 is 9.47 Å². The molecule has 0 heterocycles. The zero-order chi connectivity index (χ0) is 10.3. The second kappa shape index (κ2) is 6.52. The molecule has 3 nitrogen and oxygen atoms in total. The lowest BCUT2D eigenvalue weighted by Crippen LogP contribution is -2.11. The first-order valence-electron chi connectivity index (χ1n) is 4.63. The van der Waals surface area contributed by atoms with Gasteiger partial charge >= 0.3 is 5.97 Å². The maximum Gasteiger partial charge on any atom is 0.373 e. The summed E-state index contributed by atoms with van der Waals surface area (Å²) in [7, 11) is 0. The van der Waals surface area contributed by atoms with Crippen LogP contribution in [0.2, 0.25) is 0 Å². The Bertz CT molecular complexity index is 183. The Hall–Kier alpha value is -0.990. The highest BCUT2D eigenvalue weighted by Crippen LogP contribution is 2.06. The summed E-state index contributed by atoms with van der Waals surface area (Å²) in [6, 6.07) is 0. The Morgan fingerprint density at radius 1 is 1.23 bits per heavy atom. The standard InChI is InChI=1S/C10H18O3/c1-5-12-9(7-8(3)4)10(11)13-6-2/h7-8H,5-6H2,1-4H3. The van der Waals surface area contributed by atoms with E-state index in [-0.39, 0.29) is 11.9 Å². The van der Waals surface area contributed by atoms with E-state index in [1.54, 1.807) is 13.0 Å². The Labute approximate surface area is 79.7 Å². The molecule has 3 heteroatoms. The predicted molar refractivity (Wildman–Crippen MR) is 51.2 cm³/mol. The summed E-state index contributed by atoms with van der Waals surface area (Å²) in [5.41, 5.74) is 0. The minimum atomic E-state index is -0.377. The summed E-state index contributed by atoms with van der Waals surface area (Å²) in [5, 5.41) is 0. The van der Waals surface area contributed by atoms with Crippen LogP contribution in [-0.4, -0.2) is 19.2 Å². The van der Waals surface area contributed by atoms with E-state index in [2.05, 4.69) is 0 Å². The molecular formula is C10H18O3. The summed E-state index contributed by atoms with van der Waals surface area (Å²) in [6.45, 7) is 8.44. The fourth-order valence-corrected chi connectivity index (χ4v) is 0.836. The largest absolute Gasteiger partial charge is 0.487 e. The fraction of sp³-hybridized carbons (Fsp3) is 0.700. The molecule has 0 saturated carbocycles. The molecule has 0 aromatic rings. The predicted octanol–water partition coefficient (Wildman–Crippen LogP) is 2.13. The van der Waals surface area contributed by atoms with Crippen molar-refractivity contribution in [2.45, 2.75) is 27.7 Å². The smallest absolute Gasteiger partial charge is 0.373 e. The van der Waals surface area contributed by atoms with Crippen LogP contribution in [0.15, 0.2) is 11.8 Å². The van der Waals surface area contributed by atoms with Gasteiger partial charge in [0.2, 0.25) is 5.76 Å². The molecule has 0 fully saturated rings. The van der Waals surface area contributed by atoms with Crippen LogP contribution in [0, 0.1) is 5.92 Å². The Morgan fingerprint density at radius 2 is 1.77 bits per heavy atom. The molecule has 76 valence electrons. The van der Waals surface area contributed by atoms with Crippen molar-refractivity contribution in [2.75, 3.05) is 13.2 Å². The molecule has 13 heavy (non-hydrogen) atoms. The van der Waals surface area contributed by atoms with Crippen molar-refractivity contribution in [1.82, 2.24) is 0 Å². The minimum absolute atomic E-state index is 0.283. The van der Waals surface area contributed by atoms with E-state index in [9.17, 15) is 4.79 Å². The van der Waals surface area contributed by atoms with Gasteiger partial charge in [-0.25, -0.2) is 4.79 Å². The summed E-state index contributed by atoms with van der Waals surface area (Å²) >= 11 is 0. The summed E-state index contributed by atoms with van der Waals surface area (Å²) in [4.78, 5) is 11.3. The van der Waals surface area contributed by atoms with Gasteiger partial charge in [0, 0.05) is 0 Å². The molecule has 0 spiro atoms. The Morgan fingerprint density at radius 3 is 2.15 bits per heavy atom. The van der Waals surface area contributed by atoms with E-state index >= 15 is 0 Å². The third kappa shape index (κ3) is 5.28. The van der Waals surface area contributed by atoms with Crippen LogP contribution in [0.1, 0.15) is 27.7 Å². The molecule has 0 atom stereocenters. The van der Waals surface area contributed by atoms with Gasteiger partial charge in [-0.3, -0.25) is 0 Å². The molecule has 0 saturated heterocycles. The normalized spacial score (nSPS) is 11.6. The van der Waals surface area contributed by atoms with E-state index in [1.807, 2.05) is 20.8 Å². The van der Waals surface area contributed by atoms with Crippen molar-refractivity contribution < 1.29 is 14.3 Å². The molecule has 0 rings (SSSR count). The highest BCUT2D eigenvalue weighted by atomic mass is 16.6. The molecule has 0 radical (unpaired) electrons. The Kier molecular flexibility index (Phi) is 6.02. The molecular weight excluding hydrogens is 168 g/mol. The lowest BCUT2D eigenvalue weighted by atomic mass is 10.2. The molecule has 0 aliphatic heterocycles. The maximum atomic E-state index is 11.3. The maximum absolute atomic E-state index is 11.3. The lowest BCUT2D eigenvalue weighted by Gasteiger charge is -2.08. The zero-order valence-electron chi connectivity index (χ0n) is 8.79. The van der Waals surface area contributed by atoms with Crippen LogP contribution in [0.25, 0.3) is 0 Å². The number of rotatable bonds is 5. The van der Waals surface area contributed by atoms with Crippen molar-refractivity contribution >= 4 is 5.97 Å². The average Bonchev–Trinajstić information content (AvgIpc) is 2.03. The third-order valence-electron chi connectivity index (χ3n) is 1.26. The van der Waals surface area contributed by atoms with Crippen molar-refractivity contribution in [3.63, 3.8) is 0 Å². The average molecular weight is 186 g/mol. The number of allylic oxidation sites excluding steroid dienone is 1. The molecule has 0 unspecified atom stereocenters. The van der Waals surface area contributed by atoms with Gasteiger partial charge in [0.1, 0.15) is 0 Å². The van der Waals surface area contributed by atoms with E-state index in [0.29, 0.717) is 19.0 Å². The lowest BCUT2D eigenvalue weighted by molar-refractivity contribution is -0.142. The highest BCUT2D eigenvalue weighted by molar-refractivity contribution is 5.86. The molecule has 0 aliphatic rings. The molecule has 0 N–H and O–H groups in total. The van der Waals surface area contributed by atoms with Crippen LogP contribution >= 0.6 is 0 Å². The van der Waals surface area contributed by atoms with Crippen LogP contribution in [0.3, 0.4) is 0 Å². The number of hydrogen-bond donors (Lipinski definition) is 0. The summed E-state index contributed by atoms with van der Waals surface area (Å²) < 4.78 is 9.98. The van der Waals surface area contributed by atoms with E-state index in [0.717, 1.165) is 0 Å². The third-order valence-corrected chi connectivity index (χ3v) is 1.26. The number of esters is 1. The van der Waals surface area contributed by atoms with Crippen LogP contribution in [0.5, 0.6) is 0 Å². The van der Waals surface area contributed by atoms with Crippen LogP contribution in [0.4, 0.5) is 0 Å². The van der Waals surface area contributed by atoms with Gasteiger partial charge in [-0.15, -0.1) is 0 Å². The van der Waals surface area contributed by atoms with Crippen molar-refractivity contribution in [3.05, 3.63) is 11.8 Å².